The van der Waals surface area contributed by atoms with E-state index in [1.54, 1.807) is 11.3 Å². The van der Waals surface area contributed by atoms with Crippen LogP contribution in [0.3, 0.4) is 0 Å². The van der Waals surface area contributed by atoms with Crippen molar-refractivity contribution in [1.82, 2.24) is 25.1 Å². The zero-order valence-electron chi connectivity index (χ0n) is 22.0. The first-order valence-corrected chi connectivity index (χ1v) is 13.8. The van der Waals surface area contributed by atoms with E-state index in [1.807, 2.05) is 61.5 Å². The van der Waals surface area contributed by atoms with Crippen LogP contribution in [-0.4, -0.2) is 39.2 Å². The monoisotopic (exact) mass is 539 g/mol. The van der Waals surface area contributed by atoms with Crippen molar-refractivity contribution in [1.29, 1.82) is 0 Å². The molecule has 0 amide bonds. The molecule has 40 heavy (non-hydrogen) atoms. The van der Waals surface area contributed by atoms with Crippen molar-refractivity contribution in [2.75, 3.05) is 24.3 Å². The Balaban J connectivity index is 1.49. The molecule has 7 aromatic rings. The van der Waals surface area contributed by atoms with Gasteiger partial charge in [-0.25, -0.2) is 4.98 Å². The average molecular weight is 540 g/mol. The summed E-state index contributed by atoms with van der Waals surface area (Å²) in [5.74, 6) is 1.35. The lowest BCUT2D eigenvalue weighted by Gasteiger charge is -2.15. The fourth-order valence-corrected chi connectivity index (χ4v) is 5.91. The number of pyridine rings is 1. The van der Waals surface area contributed by atoms with E-state index in [-0.39, 0.29) is 0 Å². The number of thiophene rings is 1. The van der Waals surface area contributed by atoms with Gasteiger partial charge in [0, 0.05) is 37.2 Å². The molecule has 1 N–H and O–H groups in total. The standard InChI is InChI=1S/C32H25N7S/c1-39(2)32-35-29(33-19-20-12-6-3-7-13-20)23-18-24-28(34-30(23)36-32)26-25(21-14-8-4-9-15-21)27(37-38-31(26)40-24)22-16-10-5-11-17-22/h3-18H,19H2,1-2H3,(H,33,34,35,36). The smallest absolute Gasteiger partial charge is 0.228 e. The number of fused-ring (bicyclic) bond motifs is 4. The Morgan fingerprint density at radius 1 is 0.750 bits per heavy atom. The van der Waals surface area contributed by atoms with Crippen molar-refractivity contribution in [3.05, 3.63) is 103 Å². The molecule has 4 heterocycles. The molecule has 0 aliphatic rings. The fourth-order valence-electron chi connectivity index (χ4n) is 4.90. The summed E-state index contributed by atoms with van der Waals surface area (Å²) in [6.45, 7) is 0.647. The van der Waals surface area contributed by atoms with Crippen molar-refractivity contribution < 1.29 is 0 Å². The highest BCUT2D eigenvalue weighted by atomic mass is 32.1. The van der Waals surface area contributed by atoms with Crippen LogP contribution in [0.15, 0.2) is 97.1 Å². The van der Waals surface area contributed by atoms with E-state index in [0.717, 1.165) is 54.0 Å². The Kier molecular flexibility index (Phi) is 6.02. The van der Waals surface area contributed by atoms with Gasteiger partial charge in [0.1, 0.15) is 16.3 Å². The number of hydrogen-bond acceptors (Lipinski definition) is 8. The molecule has 4 aromatic heterocycles. The van der Waals surface area contributed by atoms with Gasteiger partial charge in [0.2, 0.25) is 5.95 Å². The van der Waals surface area contributed by atoms with Gasteiger partial charge in [-0.1, -0.05) is 91.0 Å². The Hall–Kier alpha value is -4.95. The van der Waals surface area contributed by atoms with E-state index in [2.05, 4.69) is 65.0 Å². The molecule has 7 rings (SSSR count). The minimum absolute atomic E-state index is 0.600. The summed E-state index contributed by atoms with van der Waals surface area (Å²) in [5, 5.41) is 14.8. The van der Waals surface area contributed by atoms with E-state index < -0.39 is 0 Å². The number of hydrogen-bond donors (Lipinski definition) is 1. The zero-order chi connectivity index (χ0) is 27.1. The number of anilines is 2. The second-order valence-corrected chi connectivity index (χ2v) is 10.8. The maximum absolute atomic E-state index is 5.17. The van der Waals surface area contributed by atoms with Gasteiger partial charge in [-0.2, -0.15) is 9.97 Å². The number of rotatable bonds is 6. The third-order valence-corrected chi connectivity index (χ3v) is 7.85. The van der Waals surface area contributed by atoms with E-state index in [4.69, 9.17) is 20.1 Å². The highest BCUT2D eigenvalue weighted by Crippen LogP contribution is 2.43. The highest BCUT2D eigenvalue weighted by Gasteiger charge is 2.21. The maximum atomic E-state index is 5.17. The van der Waals surface area contributed by atoms with Crippen LogP contribution < -0.4 is 10.2 Å². The summed E-state index contributed by atoms with van der Waals surface area (Å²) in [6.07, 6.45) is 0. The summed E-state index contributed by atoms with van der Waals surface area (Å²) in [6, 6.07) is 33.0. The van der Waals surface area contributed by atoms with Gasteiger partial charge in [-0.15, -0.1) is 21.5 Å². The Morgan fingerprint density at radius 3 is 2.12 bits per heavy atom. The summed E-state index contributed by atoms with van der Waals surface area (Å²) in [4.78, 5) is 17.6. The molecule has 0 bridgehead atoms. The molecule has 0 unspecified atom stereocenters. The number of nitrogens with one attached hydrogen (secondary N) is 1. The second kappa shape index (κ2) is 9.98. The van der Waals surface area contributed by atoms with Gasteiger partial charge in [-0.3, -0.25) is 0 Å². The first-order chi connectivity index (χ1) is 19.7. The molecule has 0 fully saturated rings. The quantitative estimate of drug-likeness (QED) is 0.239. The minimum Gasteiger partial charge on any atom is -0.365 e. The topological polar surface area (TPSA) is 79.7 Å². The largest absolute Gasteiger partial charge is 0.365 e. The van der Waals surface area contributed by atoms with E-state index in [9.17, 15) is 0 Å². The summed E-state index contributed by atoms with van der Waals surface area (Å²) >= 11 is 1.59. The molecule has 0 spiro atoms. The van der Waals surface area contributed by atoms with Crippen LogP contribution in [-0.2, 0) is 6.54 Å². The Labute approximate surface area is 235 Å². The molecule has 7 nitrogen and oxygen atoms in total. The van der Waals surface area contributed by atoms with Crippen LogP contribution in [0.2, 0.25) is 0 Å². The molecular weight excluding hydrogens is 514 g/mol. The number of benzene rings is 3. The van der Waals surface area contributed by atoms with Crippen molar-refractivity contribution >= 4 is 54.6 Å². The first kappa shape index (κ1) is 24.1. The van der Waals surface area contributed by atoms with Crippen molar-refractivity contribution in [2.24, 2.45) is 0 Å². The molecule has 0 saturated heterocycles. The molecular formula is C32H25N7S. The van der Waals surface area contributed by atoms with Gasteiger partial charge in [0.05, 0.1) is 15.6 Å². The van der Waals surface area contributed by atoms with Gasteiger partial charge >= 0.3 is 0 Å². The minimum atomic E-state index is 0.600. The van der Waals surface area contributed by atoms with Crippen LogP contribution in [0.5, 0.6) is 0 Å². The Bertz CT molecular complexity index is 1970. The maximum Gasteiger partial charge on any atom is 0.228 e. The van der Waals surface area contributed by atoms with Gasteiger partial charge in [0.25, 0.3) is 0 Å². The number of aromatic nitrogens is 5. The second-order valence-electron chi connectivity index (χ2n) is 9.75. The summed E-state index contributed by atoms with van der Waals surface area (Å²) in [5.41, 5.74) is 6.63. The third-order valence-electron chi connectivity index (χ3n) is 6.84. The van der Waals surface area contributed by atoms with Crippen LogP contribution >= 0.6 is 11.3 Å². The van der Waals surface area contributed by atoms with Crippen molar-refractivity contribution in [3.8, 4) is 22.4 Å². The highest BCUT2D eigenvalue weighted by molar-refractivity contribution is 7.25. The zero-order valence-corrected chi connectivity index (χ0v) is 22.9. The SMILES string of the molecule is CN(C)c1nc(NCc2ccccc2)c2cc3sc4nnc(-c5ccccc5)c(-c5ccccc5)c4c3nc2n1. The normalized spacial score (nSPS) is 11.3. The van der Waals surface area contributed by atoms with Crippen molar-refractivity contribution in [2.45, 2.75) is 6.54 Å². The molecule has 194 valence electrons. The van der Waals surface area contributed by atoms with Gasteiger partial charge in [0.15, 0.2) is 5.65 Å². The summed E-state index contributed by atoms with van der Waals surface area (Å²) < 4.78 is 1.02. The molecule has 0 aliphatic heterocycles. The van der Waals surface area contributed by atoms with Crippen LogP contribution in [0.4, 0.5) is 11.8 Å². The summed E-state index contributed by atoms with van der Waals surface area (Å²) in [7, 11) is 3.88. The molecule has 3 aromatic carbocycles. The van der Waals surface area contributed by atoms with Gasteiger partial charge < -0.3 is 10.2 Å². The molecule has 0 aliphatic carbocycles. The molecule has 0 radical (unpaired) electrons. The third kappa shape index (κ3) is 4.28. The predicted molar refractivity (Wildman–Crippen MR) is 165 cm³/mol. The van der Waals surface area contributed by atoms with E-state index >= 15 is 0 Å². The lowest BCUT2D eigenvalue weighted by molar-refractivity contribution is 1.00. The van der Waals surface area contributed by atoms with Crippen LogP contribution in [0.25, 0.3) is 53.9 Å². The average Bonchev–Trinajstić information content (AvgIpc) is 3.37. The van der Waals surface area contributed by atoms with Crippen molar-refractivity contribution in [3.63, 3.8) is 0 Å². The molecule has 0 atom stereocenters. The van der Waals surface area contributed by atoms with Gasteiger partial charge in [-0.05, 0) is 17.2 Å². The van der Waals surface area contributed by atoms with Crippen LogP contribution in [0.1, 0.15) is 5.56 Å². The van der Waals surface area contributed by atoms with E-state index in [1.165, 1.54) is 5.56 Å². The number of nitrogens with zero attached hydrogens (tertiary/aromatic N) is 6. The molecule has 8 heteroatoms. The van der Waals surface area contributed by atoms with Crippen LogP contribution in [0, 0.1) is 0 Å². The Morgan fingerprint density at radius 2 is 1.43 bits per heavy atom. The lowest BCUT2D eigenvalue weighted by Crippen LogP contribution is -2.14. The van der Waals surface area contributed by atoms with E-state index in [0.29, 0.717) is 18.1 Å². The first-order valence-electron chi connectivity index (χ1n) is 13.0. The fraction of sp³-hybridized carbons (Fsp3) is 0.0938. The molecule has 0 saturated carbocycles. The predicted octanol–water partition coefficient (Wildman–Crippen LogP) is 7.19. The lowest BCUT2D eigenvalue weighted by atomic mass is 9.97.